The van der Waals surface area contributed by atoms with Crippen LogP contribution in [0.1, 0.15) is 51.0 Å². The van der Waals surface area contributed by atoms with Gasteiger partial charge in [-0.1, -0.05) is 38.3 Å². The molecule has 4 heteroatoms. The predicted molar refractivity (Wildman–Crippen MR) is 84.2 cm³/mol. The van der Waals surface area contributed by atoms with Crippen molar-refractivity contribution in [2.45, 2.75) is 57.0 Å². The number of nitrogens with one attached hydrogen (secondary N) is 1. The number of carbonyl (C=O) groups excluding carboxylic acids is 1. The Bertz CT molecular complexity index is 464. The van der Waals surface area contributed by atoms with E-state index in [2.05, 4.69) is 17.4 Å². The van der Waals surface area contributed by atoms with Gasteiger partial charge in [0.05, 0.1) is 18.7 Å². The van der Waals surface area contributed by atoms with Crippen molar-refractivity contribution in [2.24, 2.45) is 5.73 Å². The summed E-state index contributed by atoms with van der Waals surface area (Å²) in [5.74, 6) is 0.801. The van der Waals surface area contributed by atoms with Gasteiger partial charge in [-0.05, 0) is 37.0 Å². The Kier molecular flexibility index (Phi) is 5.23. The molecular weight excluding hydrogens is 264 g/mol. The molecule has 1 saturated carbocycles. The minimum absolute atomic E-state index is 0.0328. The van der Waals surface area contributed by atoms with E-state index < -0.39 is 6.04 Å². The van der Waals surface area contributed by atoms with Crippen molar-refractivity contribution in [3.8, 4) is 5.75 Å². The van der Waals surface area contributed by atoms with Crippen LogP contribution in [0.25, 0.3) is 0 Å². The van der Waals surface area contributed by atoms with Crippen LogP contribution in [0.2, 0.25) is 0 Å². The Hall–Kier alpha value is -1.55. The fourth-order valence-electron chi connectivity index (χ4n) is 3.15. The summed E-state index contributed by atoms with van der Waals surface area (Å²) < 4.78 is 5.21. The van der Waals surface area contributed by atoms with Gasteiger partial charge in [0.2, 0.25) is 5.91 Å². The van der Waals surface area contributed by atoms with E-state index >= 15 is 0 Å². The van der Waals surface area contributed by atoms with Crippen molar-refractivity contribution in [1.29, 1.82) is 0 Å². The Labute approximate surface area is 127 Å². The fourth-order valence-corrected chi connectivity index (χ4v) is 3.15. The lowest BCUT2D eigenvalue weighted by Crippen LogP contribution is -2.50. The Morgan fingerprint density at radius 1 is 1.33 bits per heavy atom. The first-order valence-electron chi connectivity index (χ1n) is 7.83. The minimum Gasteiger partial charge on any atom is -0.497 e. The Balaban J connectivity index is 2.17. The maximum absolute atomic E-state index is 12.3. The zero-order valence-electron chi connectivity index (χ0n) is 13.0. The van der Waals surface area contributed by atoms with E-state index in [0.717, 1.165) is 49.8 Å². The van der Waals surface area contributed by atoms with Crippen molar-refractivity contribution in [2.75, 3.05) is 7.11 Å². The number of nitrogens with two attached hydrogens (primary N) is 1. The Morgan fingerprint density at radius 2 is 1.95 bits per heavy atom. The first-order valence-corrected chi connectivity index (χ1v) is 7.83. The number of carbonyl (C=O) groups is 1. The zero-order valence-corrected chi connectivity index (χ0v) is 13.0. The van der Waals surface area contributed by atoms with E-state index in [-0.39, 0.29) is 11.4 Å². The number of hydrogen-bond donors (Lipinski definition) is 2. The van der Waals surface area contributed by atoms with Gasteiger partial charge in [-0.3, -0.25) is 4.79 Å². The van der Waals surface area contributed by atoms with Crippen molar-refractivity contribution >= 4 is 5.91 Å². The van der Waals surface area contributed by atoms with Crippen LogP contribution in [-0.2, 0) is 10.3 Å². The number of methoxy groups -OCH3 is 1. The van der Waals surface area contributed by atoms with Crippen LogP contribution < -0.4 is 15.8 Å². The van der Waals surface area contributed by atoms with Crippen molar-refractivity contribution < 1.29 is 9.53 Å². The lowest BCUT2D eigenvalue weighted by Gasteiger charge is -2.32. The van der Waals surface area contributed by atoms with Gasteiger partial charge in [-0.15, -0.1) is 0 Å². The number of hydrogen-bond acceptors (Lipinski definition) is 3. The topological polar surface area (TPSA) is 64.4 Å². The van der Waals surface area contributed by atoms with Gasteiger partial charge < -0.3 is 15.8 Å². The molecule has 0 heterocycles. The third kappa shape index (κ3) is 3.56. The van der Waals surface area contributed by atoms with E-state index in [0.29, 0.717) is 0 Å². The minimum atomic E-state index is -0.411. The molecular formula is C17H26N2O2. The molecule has 0 saturated heterocycles. The van der Waals surface area contributed by atoms with Crippen molar-refractivity contribution in [1.82, 2.24) is 5.32 Å². The predicted octanol–water partition coefficient (Wildman–Crippen LogP) is 2.71. The third-order valence-electron chi connectivity index (χ3n) is 4.40. The quantitative estimate of drug-likeness (QED) is 0.846. The smallest absolute Gasteiger partial charge is 0.237 e. The number of ether oxygens (including phenoxy) is 1. The number of rotatable bonds is 6. The first-order chi connectivity index (χ1) is 10.1. The van der Waals surface area contributed by atoms with Crippen LogP contribution in [0.3, 0.4) is 0 Å². The second kappa shape index (κ2) is 6.94. The van der Waals surface area contributed by atoms with Crippen molar-refractivity contribution in [3.05, 3.63) is 29.8 Å². The molecule has 1 unspecified atom stereocenters. The van der Waals surface area contributed by atoms with Crippen LogP contribution in [0.5, 0.6) is 5.75 Å². The van der Waals surface area contributed by atoms with Gasteiger partial charge in [0.25, 0.3) is 0 Å². The highest BCUT2D eigenvalue weighted by Gasteiger charge is 2.37. The van der Waals surface area contributed by atoms with E-state index in [1.165, 1.54) is 0 Å². The number of benzene rings is 1. The summed E-state index contributed by atoms with van der Waals surface area (Å²) in [7, 11) is 1.66. The van der Waals surface area contributed by atoms with E-state index in [1.807, 2.05) is 19.1 Å². The highest BCUT2D eigenvalue weighted by Crippen LogP contribution is 2.39. The molecule has 1 aliphatic rings. The van der Waals surface area contributed by atoms with Crippen LogP contribution in [-0.4, -0.2) is 19.1 Å². The van der Waals surface area contributed by atoms with Crippen LogP contribution in [0.4, 0.5) is 0 Å². The number of amides is 1. The zero-order chi connectivity index (χ0) is 15.3. The van der Waals surface area contributed by atoms with Gasteiger partial charge >= 0.3 is 0 Å². The molecule has 1 aliphatic carbocycles. The monoisotopic (exact) mass is 290 g/mol. The highest BCUT2D eigenvalue weighted by molar-refractivity contribution is 5.82. The van der Waals surface area contributed by atoms with Gasteiger partial charge in [0, 0.05) is 0 Å². The summed E-state index contributed by atoms with van der Waals surface area (Å²) in [5, 5.41) is 3.23. The third-order valence-corrected chi connectivity index (χ3v) is 4.40. The molecule has 0 aromatic heterocycles. The average molecular weight is 290 g/mol. The standard InChI is InChI=1S/C17H26N2O2/c1-3-6-15(18)16(20)19-17(11-4-5-12-17)13-7-9-14(21-2)10-8-13/h7-10,15H,3-6,11-12,18H2,1-2H3,(H,19,20). The SMILES string of the molecule is CCCC(N)C(=O)NC1(c2ccc(OC)cc2)CCCC1. The highest BCUT2D eigenvalue weighted by atomic mass is 16.5. The van der Waals surface area contributed by atoms with Crippen LogP contribution in [0.15, 0.2) is 24.3 Å². The normalized spacial score (nSPS) is 18.2. The summed E-state index contributed by atoms with van der Waals surface area (Å²) in [4.78, 5) is 12.3. The molecule has 1 atom stereocenters. The molecule has 1 amide bonds. The first kappa shape index (κ1) is 15.8. The summed E-state index contributed by atoms with van der Waals surface area (Å²) >= 11 is 0. The van der Waals surface area contributed by atoms with E-state index in [4.69, 9.17) is 10.5 Å². The Morgan fingerprint density at radius 3 is 2.48 bits per heavy atom. The van der Waals surface area contributed by atoms with E-state index in [9.17, 15) is 4.79 Å². The summed E-state index contributed by atoms with van der Waals surface area (Å²) in [6, 6.07) is 7.60. The molecule has 4 nitrogen and oxygen atoms in total. The van der Waals surface area contributed by atoms with Gasteiger partial charge in [-0.25, -0.2) is 0 Å². The largest absolute Gasteiger partial charge is 0.497 e. The average Bonchev–Trinajstić information content (AvgIpc) is 2.97. The van der Waals surface area contributed by atoms with Gasteiger partial charge in [0.15, 0.2) is 0 Å². The maximum Gasteiger partial charge on any atom is 0.237 e. The molecule has 1 fully saturated rings. The van der Waals surface area contributed by atoms with Crippen molar-refractivity contribution in [3.63, 3.8) is 0 Å². The second-order valence-electron chi connectivity index (χ2n) is 5.90. The van der Waals surface area contributed by atoms with Crippen LogP contribution in [0, 0.1) is 0 Å². The molecule has 2 rings (SSSR count). The molecule has 1 aromatic rings. The van der Waals surface area contributed by atoms with Crippen LogP contribution >= 0.6 is 0 Å². The fraction of sp³-hybridized carbons (Fsp3) is 0.588. The summed E-state index contributed by atoms with van der Waals surface area (Å²) in [5.41, 5.74) is 6.85. The van der Waals surface area contributed by atoms with Gasteiger partial charge in [-0.2, -0.15) is 0 Å². The maximum atomic E-state index is 12.3. The molecule has 0 spiro atoms. The summed E-state index contributed by atoms with van der Waals surface area (Å²) in [6.07, 6.45) is 5.87. The van der Waals surface area contributed by atoms with Gasteiger partial charge in [0.1, 0.15) is 5.75 Å². The lowest BCUT2D eigenvalue weighted by atomic mass is 9.87. The summed E-state index contributed by atoms with van der Waals surface area (Å²) in [6.45, 7) is 2.04. The second-order valence-corrected chi connectivity index (χ2v) is 5.90. The molecule has 21 heavy (non-hydrogen) atoms. The van der Waals surface area contributed by atoms with E-state index in [1.54, 1.807) is 7.11 Å². The molecule has 0 aliphatic heterocycles. The molecule has 0 bridgehead atoms. The molecule has 116 valence electrons. The lowest BCUT2D eigenvalue weighted by molar-refractivity contribution is -0.124. The molecule has 1 aromatic carbocycles. The molecule has 0 radical (unpaired) electrons. The molecule has 3 N–H and O–H groups in total.